The summed E-state index contributed by atoms with van der Waals surface area (Å²) in [7, 11) is 0. The van der Waals surface area contributed by atoms with Crippen LogP contribution in [0.1, 0.15) is 11.1 Å². The molecule has 1 aromatic carbocycles. The SMILES string of the molecule is Cc1cnn(-c2ccc(C(N)=S)c(Br)c2F)c1. The predicted octanol–water partition coefficient (Wildman–Crippen LogP) is 2.72. The first-order valence-electron chi connectivity index (χ1n) is 4.80. The highest BCUT2D eigenvalue weighted by Gasteiger charge is 2.14. The quantitative estimate of drug-likeness (QED) is 0.867. The molecule has 17 heavy (non-hydrogen) atoms. The van der Waals surface area contributed by atoms with Gasteiger partial charge in [-0.25, -0.2) is 9.07 Å². The van der Waals surface area contributed by atoms with Gasteiger partial charge in [0.05, 0.1) is 10.7 Å². The molecule has 1 aromatic heterocycles. The Morgan fingerprint density at radius 3 is 2.76 bits per heavy atom. The molecule has 6 heteroatoms. The maximum Gasteiger partial charge on any atom is 0.163 e. The molecule has 3 nitrogen and oxygen atoms in total. The molecule has 0 aliphatic rings. The molecule has 0 saturated heterocycles. The average Bonchev–Trinajstić information content (AvgIpc) is 2.68. The van der Waals surface area contributed by atoms with Gasteiger partial charge in [0.2, 0.25) is 0 Å². The molecule has 0 unspecified atom stereocenters. The highest BCUT2D eigenvalue weighted by Crippen LogP contribution is 2.26. The fourth-order valence-corrected chi connectivity index (χ4v) is 2.30. The third-order valence-electron chi connectivity index (χ3n) is 2.29. The van der Waals surface area contributed by atoms with Crippen molar-refractivity contribution in [3.05, 3.63) is 45.9 Å². The van der Waals surface area contributed by atoms with Crippen LogP contribution in [0.5, 0.6) is 0 Å². The molecule has 0 amide bonds. The zero-order valence-corrected chi connectivity index (χ0v) is 11.3. The first kappa shape index (κ1) is 12.2. The summed E-state index contributed by atoms with van der Waals surface area (Å²) in [6.07, 6.45) is 3.40. The Labute approximate surface area is 112 Å². The summed E-state index contributed by atoms with van der Waals surface area (Å²) in [4.78, 5) is 0.152. The topological polar surface area (TPSA) is 43.8 Å². The number of aromatic nitrogens is 2. The van der Waals surface area contributed by atoms with Crippen molar-refractivity contribution in [2.75, 3.05) is 0 Å². The Kier molecular flexibility index (Phi) is 3.26. The van der Waals surface area contributed by atoms with Gasteiger partial charge in [0.25, 0.3) is 0 Å². The maximum absolute atomic E-state index is 14.1. The van der Waals surface area contributed by atoms with Crippen LogP contribution in [0, 0.1) is 12.7 Å². The monoisotopic (exact) mass is 313 g/mol. The number of aryl methyl sites for hydroxylation is 1. The van der Waals surface area contributed by atoms with Crippen molar-refractivity contribution >= 4 is 33.1 Å². The molecule has 0 fully saturated rings. The van der Waals surface area contributed by atoms with E-state index < -0.39 is 5.82 Å². The normalized spacial score (nSPS) is 10.5. The minimum atomic E-state index is -0.432. The summed E-state index contributed by atoms with van der Waals surface area (Å²) >= 11 is 7.98. The molecule has 0 bridgehead atoms. The van der Waals surface area contributed by atoms with Gasteiger partial charge >= 0.3 is 0 Å². The zero-order chi connectivity index (χ0) is 12.6. The molecular formula is C11H9BrFN3S. The lowest BCUT2D eigenvalue weighted by atomic mass is 10.2. The maximum atomic E-state index is 14.1. The van der Waals surface area contributed by atoms with Crippen LogP contribution in [-0.2, 0) is 0 Å². The van der Waals surface area contributed by atoms with Crippen LogP contribution in [0.3, 0.4) is 0 Å². The standard InChI is InChI=1S/C11H9BrFN3S/c1-6-4-15-16(5-6)8-3-2-7(11(14)17)9(12)10(8)13/h2-5H,1H3,(H2,14,17). The molecular weight excluding hydrogens is 305 g/mol. The average molecular weight is 314 g/mol. The molecule has 0 aliphatic heterocycles. The second-order valence-electron chi connectivity index (χ2n) is 3.59. The third kappa shape index (κ3) is 2.23. The fraction of sp³-hybridized carbons (Fsp3) is 0.0909. The van der Waals surface area contributed by atoms with Crippen molar-refractivity contribution < 1.29 is 4.39 Å². The van der Waals surface area contributed by atoms with E-state index in [4.69, 9.17) is 18.0 Å². The molecule has 0 aliphatic carbocycles. The van der Waals surface area contributed by atoms with E-state index >= 15 is 0 Å². The molecule has 0 spiro atoms. The number of benzene rings is 1. The van der Waals surface area contributed by atoms with Crippen molar-refractivity contribution in [2.45, 2.75) is 6.92 Å². The second kappa shape index (κ2) is 4.54. The van der Waals surface area contributed by atoms with E-state index in [-0.39, 0.29) is 9.46 Å². The van der Waals surface area contributed by atoms with Crippen LogP contribution in [0.15, 0.2) is 29.0 Å². The Hall–Kier alpha value is -1.27. The van der Waals surface area contributed by atoms with E-state index in [2.05, 4.69) is 21.0 Å². The zero-order valence-electron chi connectivity index (χ0n) is 8.95. The Morgan fingerprint density at radius 2 is 2.24 bits per heavy atom. The van der Waals surface area contributed by atoms with E-state index in [0.29, 0.717) is 11.3 Å². The predicted molar refractivity (Wildman–Crippen MR) is 71.8 cm³/mol. The highest BCUT2D eigenvalue weighted by molar-refractivity contribution is 9.10. The van der Waals surface area contributed by atoms with Gasteiger partial charge in [-0.1, -0.05) is 12.2 Å². The highest BCUT2D eigenvalue weighted by atomic mass is 79.9. The van der Waals surface area contributed by atoms with Crippen molar-refractivity contribution in [1.29, 1.82) is 0 Å². The van der Waals surface area contributed by atoms with E-state index in [1.54, 1.807) is 24.5 Å². The fourth-order valence-electron chi connectivity index (χ4n) is 1.45. The van der Waals surface area contributed by atoms with E-state index in [9.17, 15) is 4.39 Å². The van der Waals surface area contributed by atoms with Crippen LogP contribution in [0.4, 0.5) is 4.39 Å². The van der Waals surface area contributed by atoms with Gasteiger partial charge in [-0.3, -0.25) is 0 Å². The summed E-state index contributed by atoms with van der Waals surface area (Å²) in [5, 5.41) is 4.05. The Bertz CT molecular complexity index is 594. The number of rotatable bonds is 2. The first-order chi connectivity index (χ1) is 8.00. The van der Waals surface area contributed by atoms with Gasteiger partial charge in [-0.2, -0.15) is 5.10 Å². The molecule has 1 heterocycles. The van der Waals surface area contributed by atoms with Crippen LogP contribution >= 0.6 is 28.1 Å². The molecule has 2 aromatic rings. The largest absolute Gasteiger partial charge is 0.389 e. The van der Waals surface area contributed by atoms with Crippen LogP contribution < -0.4 is 5.73 Å². The second-order valence-corrected chi connectivity index (χ2v) is 4.82. The molecule has 88 valence electrons. The number of nitrogens with two attached hydrogens (primary N) is 1. The molecule has 2 rings (SSSR count). The van der Waals surface area contributed by atoms with Gasteiger partial charge in [-0.05, 0) is 40.5 Å². The van der Waals surface area contributed by atoms with Crippen molar-refractivity contribution in [3.63, 3.8) is 0 Å². The van der Waals surface area contributed by atoms with E-state index in [0.717, 1.165) is 5.56 Å². The first-order valence-corrected chi connectivity index (χ1v) is 6.00. The van der Waals surface area contributed by atoms with Crippen LogP contribution in [0.2, 0.25) is 0 Å². The summed E-state index contributed by atoms with van der Waals surface area (Å²) in [5.74, 6) is -0.432. The van der Waals surface area contributed by atoms with Gasteiger partial charge in [0.1, 0.15) is 10.7 Å². The molecule has 0 saturated carbocycles. The van der Waals surface area contributed by atoms with Gasteiger partial charge in [0, 0.05) is 11.8 Å². The molecule has 2 N–H and O–H groups in total. The van der Waals surface area contributed by atoms with Gasteiger partial charge in [-0.15, -0.1) is 0 Å². The van der Waals surface area contributed by atoms with Crippen molar-refractivity contribution in [2.24, 2.45) is 5.73 Å². The Balaban J connectivity index is 2.58. The number of hydrogen-bond acceptors (Lipinski definition) is 2. The lowest BCUT2D eigenvalue weighted by Crippen LogP contribution is -2.12. The van der Waals surface area contributed by atoms with Crippen molar-refractivity contribution in [3.8, 4) is 5.69 Å². The number of thiocarbonyl (C=S) groups is 1. The summed E-state index contributed by atoms with van der Waals surface area (Å²) in [5.41, 5.74) is 7.27. The number of hydrogen-bond donors (Lipinski definition) is 1. The van der Waals surface area contributed by atoms with Crippen LogP contribution in [-0.4, -0.2) is 14.8 Å². The lowest BCUT2D eigenvalue weighted by Gasteiger charge is -2.08. The molecule has 0 radical (unpaired) electrons. The molecule has 0 atom stereocenters. The minimum Gasteiger partial charge on any atom is -0.389 e. The van der Waals surface area contributed by atoms with E-state index in [1.165, 1.54) is 4.68 Å². The summed E-state index contributed by atoms with van der Waals surface area (Å²) in [6.45, 7) is 1.89. The van der Waals surface area contributed by atoms with E-state index in [1.807, 2.05) is 6.92 Å². The number of nitrogens with zero attached hydrogens (tertiary/aromatic N) is 2. The summed E-state index contributed by atoms with van der Waals surface area (Å²) in [6, 6.07) is 3.27. The van der Waals surface area contributed by atoms with Crippen molar-refractivity contribution in [1.82, 2.24) is 9.78 Å². The smallest absolute Gasteiger partial charge is 0.163 e. The minimum absolute atomic E-state index is 0.152. The Morgan fingerprint density at radius 1 is 1.53 bits per heavy atom. The summed E-state index contributed by atoms with van der Waals surface area (Å²) < 4.78 is 15.8. The van der Waals surface area contributed by atoms with Gasteiger partial charge < -0.3 is 5.73 Å². The number of halogens is 2. The van der Waals surface area contributed by atoms with Gasteiger partial charge in [0.15, 0.2) is 5.82 Å². The lowest BCUT2D eigenvalue weighted by molar-refractivity contribution is 0.604. The van der Waals surface area contributed by atoms with Crippen LogP contribution in [0.25, 0.3) is 5.69 Å². The third-order valence-corrected chi connectivity index (χ3v) is 3.28.